The summed E-state index contributed by atoms with van der Waals surface area (Å²) in [6.45, 7) is 2.85. The molecule has 1 aromatic carbocycles. The highest BCUT2D eigenvalue weighted by molar-refractivity contribution is 6.32. The molecule has 27 heavy (non-hydrogen) atoms. The molecule has 8 heteroatoms. The van der Waals surface area contributed by atoms with E-state index in [0.717, 1.165) is 5.56 Å². The lowest BCUT2D eigenvalue weighted by molar-refractivity contribution is 0.102. The molecule has 1 amide bonds. The number of hydrogen-bond acceptors (Lipinski definition) is 5. The molecule has 2 heterocycles. The second-order valence-corrected chi connectivity index (χ2v) is 6.04. The van der Waals surface area contributed by atoms with Crippen molar-refractivity contribution in [2.45, 2.75) is 13.5 Å². The van der Waals surface area contributed by atoms with Gasteiger partial charge in [-0.05, 0) is 30.7 Å². The van der Waals surface area contributed by atoms with Gasteiger partial charge >= 0.3 is 0 Å². The van der Waals surface area contributed by atoms with Crippen LogP contribution in [0.4, 0.5) is 5.82 Å². The predicted molar refractivity (Wildman–Crippen MR) is 103 cm³/mol. The quantitative estimate of drug-likeness (QED) is 0.670. The Balaban J connectivity index is 1.73. The molecule has 3 aromatic rings. The van der Waals surface area contributed by atoms with Gasteiger partial charge in [0.15, 0.2) is 17.3 Å². The Morgan fingerprint density at radius 1 is 1.33 bits per heavy atom. The van der Waals surface area contributed by atoms with Gasteiger partial charge in [-0.2, -0.15) is 5.10 Å². The summed E-state index contributed by atoms with van der Waals surface area (Å²) in [7, 11) is 1.50. The van der Waals surface area contributed by atoms with Crippen LogP contribution in [0.15, 0.2) is 48.9 Å². The molecule has 140 valence electrons. The Labute approximate surface area is 161 Å². The minimum absolute atomic E-state index is 0.309. The number of nitrogens with zero attached hydrogens (tertiary/aromatic N) is 3. The van der Waals surface area contributed by atoms with Crippen molar-refractivity contribution in [1.29, 1.82) is 0 Å². The first-order valence-electron chi connectivity index (χ1n) is 8.34. The maximum absolute atomic E-state index is 12.5. The van der Waals surface area contributed by atoms with Crippen LogP contribution in [-0.4, -0.2) is 34.4 Å². The minimum Gasteiger partial charge on any atom is -0.493 e. The second kappa shape index (κ2) is 8.55. The third kappa shape index (κ3) is 4.57. The van der Waals surface area contributed by atoms with Gasteiger partial charge in [0, 0.05) is 30.2 Å². The van der Waals surface area contributed by atoms with Gasteiger partial charge in [-0.15, -0.1) is 0 Å². The number of anilines is 1. The molecule has 0 aliphatic carbocycles. The van der Waals surface area contributed by atoms with Crippen molar-refractivity contribution >= 4 is 23.3 Å². The third-order valence-corrected chi connectivity index (χ3v) is 4.01. The lowest BCUT2D eigenvalue weighted by Gasteiger charge is -2.12. The van der Waals surface area contributed by atoms with E-state index in [1.54, 1.807) is 35.4 Å². The maximum Gasteiger partial charge on any atom is 0.257 e. The van der Waals surface area contributed by atoms with E-state index in [2.05, 4.69) is 15.4 Å². The fourth-order valence-electron chi connectivity index (χ4n) is 2.52. The van der Waals surface area contributed by atoms with E-state index < -0.39 is 0 Å². The summed E-state index contributed by atoms with van der Waals surface area (Å²) in [5.74, 6) is 0.910. The summed E-state index contributed by atoms with van der Waals surface area (Å²) in [5.41, 5.74) is 1.36. The van der Waals surface area contributed by atoms with Crippen molar-refractivity contribution in [1.82, 2.24) is 14.8 Å². The van der Waals surface area contributed by atoms with Crippen molar-refractivity contribution < 1.29 is 14.3 Å². The molecular formula is C19H19ClN4O3. The number of rotatable bonds is 7. The van der Waals surface area contributed by atoms with Gasteiger partial charge in [-0.25, -0.2) is 0 Å². The zero-order chi connectivity index (χ0) is 19.2. The molecule has 0 fully saturated rings. The van der Waals surface area contributed by atoms with Crippen LogP contribution in [-0.2, 0) is 6.54 Å². The molecule has 0 aliphatic rings. The van der Waals surface area contributed by atoms with Crippen molar-refractivity contribution in [3.63, 3.8) is 0 Å². The molecule has 0 saturated carbocycles. The molecule has 2 aromatic heterocycles. The number of benzene rings is 1. The second-order valence-electron chi connectivity index (χ2n) is 5.64. The lowest BCUT2D eigenvalue weighted by atomic mass is 10.2. The fraction of sp³-hybridized carbons (Fsp3) is 0.211. The Kier molecular flexibility index (Phi) is 5.93. The average molecular weight is 387 g/mol. The topological polar surface area (TPSA) is 78.3 Å². The highest BCUT2D eigenvalue weighted by atomic mass is 35.5. The van der Waals surface area contributed by atoms with Crippen LogP contribution in [0, 0.1) is 0 Å². The molecular weight excluding hydrogens is 368 g/mol. The standard InChI is InChI=1S/C19H19ClN4O3/c1-3-27-18-15(20)9-14(10-16(18)26-2)19(25)22-17-6-8-24(23-17)12-13-5-4-7-21-11-13/h4-11H,3,12H2,1-2H3,(H,22,23,25). The number of nitrogens with one attached hydrogen (secondary N) is 1. The summed E-state index contributed by atoms with van der Waals surface area (Å²) in [6, 6.07) is 8.67. The summed E-state index contributed by atoms with van der Waals surface area (Å²) < 4.78 is 12.5. The highest BCUT2D eigenvalue weighted by Crippen LogP contribution is 2.36. The summed E-state index contributed by atoms with van der Waals surface area (Å²) in [4.78, 5) is 16.6. The van der Waals surface area contributed by atoms with E-state index in [0.29, 0.717) is 41.1 Å². The van der Waals surface area contributed by atoms with Crippen molar-refractivity contribution in [2.24, 2.45) is 0 Å². The predicted octanol–water partition coefficient (Wildman–Crippen LogP) is 3.64. The van der Waals surface area contributed by atoms with Crippen LogP contribution in [0.5, 0.6) is 11.5 Å². The van der Waals surface area contributed by atoms with Gasteiger partial charge in [-0.3, -0.25) is 14.5 Å². The first kappa shape index (κ1) is 18.7. The SMILES string of the molecule is CCOc1c(Cl)cc(C(=O)Nc2ccn(Cc3cccnc3)n2)cc1OC. The van der Waals surface area contributed by atoms with Gasteiger partial charge < -0.3 is 14.8 Å². The van der Waals surface area contributed by atoms with Crippen LogP contribution in [0.25, 0.3) is 0 Å². The zero-order valence-electron chi connectivity index (χ0n) is 15.0. The average Bonchev–Trinajstić information content (AvgIpc) is 3.10. The molecule has 0 radical (unpaired) electrons. The van der Waals surface area contributed by atoms with Gasteiger partial charge in [0.1, 0.15) is 0 Å². The Morgan fingerprint density at radius 2 is 2.19 bits per heavy atom. The molecule has 0 spiro atoms. The van der Waals surface area contributed by atoms with Crippen LogP contribution in [0.2, 0.25) is 5.02 Å². The first-order valence-corrected chi connectivity index (χ1v) is 8.72. The molecule has 3 rings (SSSR count). The van der Waals surface area contributed by atoms with Gasteiger partial charge in [0.2, 0.25) is 0 Å². The largest absolute Gasteiger partial charge is 0.493 e. The fourth-order valence-corrected chi connectivity index (χ4v) is 2.78. The van der Waals surface area contributed by atoms with Crippen LogP contribution < -0.4 is 14.8 Å². The molecule has 0 saturated heterocycles. The monoisotopic (exact) mass is 386 g/mol. The van der Waals surface area contributed by atoms with Crippen molar-refractivity contribution in [3.8, 4) is 11.5 Å². The molecule has 1 N–H and O–H groups in total. The third-order valence-electron chi connectivity index (χ3n) is 3.73. The van der Waals surface area contributed by atoms with E-state index >= 15 is 0 Å². The van der Waals surface area contributed by atoms with Crippen LogP contribution in [0.3, 0.4) is 0 Å². The molecule has 0 atom stereocenters. The van der Waals surface area contributed by atoms with E-state index in [4.69, 9.17) is 21.1 Å². The first-order chi connectivity index (χ1) is 13.1. The Hall–Kier alpha value is -3.06. The molecule has 7 nitrogen and oxygen atoms in total. The number of methoxy groups -OCH3 is 1. The molecule has 0 aliphatic heterocycles. The number of pyridine rings is 1. The number of amides is 1. The van der Waals surface area contributed by atoms with Crippen molar-refractivity contribution in [2.75, 3.05) is 19.0 Å². The van der Waals surface area contributed by atoms with Gasteiger partial charge in [0.25, 0.3) is 5.91 Å². The number of ether oxygens (including phenoxy) is 2. The van der Waals surface area contributed by atoms with Crippen molar-refractivity contribution in [3.05, 3.63) is 65.1 Å². The van der Waals surface area contributed by atoms with E-state index in [9.17, 15) is 4.79 Å². The number of aromatic nitrogens is 3. The summed E-state index contributed by atoms with van der Waals surface area (Å²) in [5, 5.41) is 7.41. The Morgan fingerprint density at radius 3 is 2.89 bits per heavy atom. The van der Waals surface area contributed by atoms with E-state index in [1.807, 2.05) is 19.1 Å². The van der Waals surface area contributed by atoms with Gasteiger partial charge in [0.05, 0.1) is 25.3 Å². The smallest absolute Gasteiger partial charge is 0.257 e. The van der Waals surface area contributed by atoms with Gasteiger partial charge in [-0.1, -0.05) is 17.7 Å². The van der Waals surface area contributed by atoms with Crippen LogP contribution in [0.1, 0.15) is 22.8 Å². The van der Waals surface area contributed by atoms with Crippen LogP contribution >= 0.6 is 11.6 Å². The lowest BCUT2D eigenvalue weighted by Crippen LogP contribution is -2.13. The number of halogens is 1. The maximum atomic E-state index is 12.5. The number of carbonyl (C=O) groups is 1. The summed E-state index contributed by atoms with van der Waals surface area (Å²) in [6.07, 6.45) is 5.27. The minimum atomic E-state index is -0.343. The summed E-state index contributed by atoms with van der Waals surface area (Å²) >= 11 is 6.22. The molecule has 0 unspecified atom stereocenters. The van der Waals surface area contributed by atoms with E-state index in [-0.39, 0.29) is 5.91 Å². The highest BCUT2D eigenvalue weighted by Gasteiger charge is 2.16. The normalized spacial score (nSPS) is 10.5. The Bertz CT molecular complexity index is 928. The van der Waals surface area contributed by atoms with E-state index in [1.165, 1.54) is 13.2 Å². The zero-order valence-corrected chi connectivity index (χ0v) is 15.7. The number of carbonyl (C=O) groups excluding carboxylic acids is 1. The molecule has 0 bridgehead atoms. The number of hydrogen-bond donors (Lipinski definition) is 1.